The molecule has 1 N–H and O–H groups in total. The lowest BCUT2D eigenvalue weighted by Gasteiger charge is -2.24. The molecule has 0 saturated carbocycles. The molecule has 6 nitrogen and oxygen atoms in total. The minimum Gasteiger partial charge on any atom is -0.482 e. The van der Waals surface area contributed by atoms with Crippen LogP contribution in [0.2, 0.25) is 0 Å². The van der Waals surface area contributed by atoms with Crippen LogP contribution in [-0.2, 0) is 4.79 Å². The van der Waals surface area contributed by atoms with Crippen molar-refractivity contribution in [2.24, 2.45) is 0 Å². The Labute approximate surface area is 146 Å². The van der Waals surface area contributed by atoms with E-state index in [9.17, 15) is 9.59 Å². The van der Waals surface area contributed by atoms with Crippen molar-refractivity contribution in [1.29, 1.82) is 0 Å². The second-order valence-corrected chi connectivity index (χ2v) is 5.93. The maximum Gasteiger partial charge on any atom is 0.341 e. The first-order valence-corrected chi connectivity index (χ1v) is 8.13. The van der Waals surface area contributed by atoms with Crippen molar-refractivity contribution in [1.82, 2.24) is 0 Å². The predicted molar refractivity (Wildman–Crippen MR) is 95.6 cm³/mol. The van der Waals surface area contributed by atoms with Gasteiger partial charge in [-0.2, -0.15) is 0 Å². The first kappa shape index (κ1) is 16.8. The van der Waals surface area contributed by atoms with E-state index in [0.717, 1.165) is 24.3 Å². The first-order chi connectivity index (χ1) is 12.1. The molecule has 0 radical (unpaired) electrons. The molecule has 0 spiro atoms. The molecule has 1 amide bonds. The molecule has 25 heavy (non-hydrogen) atoms. The van der Waals surface area contributed by atoms with Gasteiger partial charge in [-0.15, -0.1) is 0 Å². The molecule has 6 heteroatoms. The molecule has 1 heterocycles. The van der Waals surface area contributed by atoms with Crippen molar-refractivity contribution in [3.05, 3.63) is 54.1 Å². The number of fused-ring (bicyclic) bond motifs is 1. The number of hydrogen-bond acceptors (Lipinski definition) is 4. The van der Waals surface area contributed by atoms with Crippen LogP contribution in [-0.4, -0.2) is 43.7 Å². The van der Waals surface area contributed by atoms with Gasteiger partial charge in [-0.25, -0.2) is 4.79 Å². The summed E-state index contributed by atoms with van der Waals surface area (Å²) in [7, 11) is 2.03. The lowest BCUT2D eigenvalue weighted by atomic mass is 10.1. The molecule has 0 unspecified atom stereocenters. The fourth-order valence-electron chi connectivity index (χ4n) is 2.93. The Morgan fingerprint density at radius 2 is 1.72 bits per heavy atom. The summed E-state index contributed by atoms with van der Waals surface area (Å²) in [5.41, 5.74) is 2.48. The third-order valence-electron chi connectivity index (χ3n) is 4.17. The third kappa shape index (κ3) is 3.74. The molecular formula is C19H20N2O4. The lowest BCUT2D eigenvalue weighted by Crippen LogP contribution is -2.31. The maximum atomic E-state index is 13.0. The molecule has 2 aromatic rings. The highest BCUT2D eigenvalue weighted by molar-refractivity contribution is 6.08. The lowest BCUT2D eigenvalue weighted by molar-refractivity contribution is -0.139. The van der Waals surface area contributed by atoms with Crippen molar-refractivity contribution >= 4 is 23.3 Å². The van der Waals surface area contributed by atoms with E-state index >= 15 is 0 Å². The summed E-state index contributed by atoms with van der Waals surface area (Å²) in [5, 5.41) is 8.64. The Morgan fingerprint density at radius 3 is 2.40 bits per heavy atom. The molecule has 3 rings (SSSR count). The number of carboxylic acid groups (broad SMARTS) is 1. The van der Waals surface area contributed by atoms with E-state index in [0.29, 0.717) is 17.9 Å². The number of carbonyl (C=O) groups is 2. The van der Waals surface area contributed by atoms with Crippen LogP contribution >= 0.6 is 0 Å². The van der Waals surface area contributed by atoms with E-state index in [1.165, 1.54) is 0 Å². The summed E-state index contributed by atoms with van der Waals surface area (Å²) >= 11 is 0. The Morgan fingerprint density at radius 1 is 1.04 bits per heavy atom. The van der Waals surface area contributed by atoms with Crippen LogP contribution < -0.4 is 14.5 Å². The van der Waals surface area contributed by atoms with E-state index in [1.807, 2.05) is 31.3 Å². The van der Waals surface area contributed by atoms with Gasteiger partial charge in [0.2, 0.25) is 0 Å². The highest BCUT2D eigenvalue weighted by atomic mass is 16.5. The topological polar surface area (TPSA) is 70.1 Å². The zero-order chi connectivity index (χ0) is 17.8. The molecule has 130 valence electrons. The molecule has 2 aromatic carbocycles. The van der Waals surface area contributed by atoms with Crippen LogP contribution in [0.1, 0.15) is 16.8 Å². The van der Waals surface area contributed by atoms with Crippen LogP contribution in [0.25, 0.3) is 0 Å². The Bertz CT molecular complexity index is 773. The van der Waals surface area contributed by atoms with Gasteiger partial charge in [-0.3, -0.25) is 4.79 Å². The fraction of sp³-hybridized carbons (Fsp3) is 0.263. The van der Waals surface area contributed by atoms with Crippen LogP contribution in [0.5, 0.6) is 5.75 Å². The summed E-state index contributed by atoms with van der Waals surface area (Å²) in [4.78, 5) is 27.5. The van der Waals surface area contributed by atoms with Crippen LogP contribution in [0.3, 0.4) is 0 Å². The van der Waals surface area contributed by atoms with E-state index < -0.39 is 12.6 Å². The molecule has 0 bridgehead atoms. The number of aliphatic carboxylic acids is 1. The Hall–Kier alpha value is -3.02. The maximum absolute atomic E-state index is 13.0. The van der Waals surface area contributed by atoms with Crippen molar-refractivity contribution in [2.75, 3.05) is 36.5 Å². The molecule has 0 aromatic heterocycles. The number of benzene rings is 2. The smallest absolute Gasteiger partial charge is 0.341 e. The number of anilines is 2. The summed E-state index contributed by atoms with van der Waals surface area (Å²) < 4.78 is 5.11. The number of carboxylic acids is 1. The van der Waals surface area contributed by atoms with E-state index in [1.54, 1.807) is 29.2 Å². The van der Waals surface area contributed by atoms with Crippen LogP contribution in [0.15, 0.2) is 48.5 Å². The average molecular weight is 340 g/mol. The number of hydrogen-bond donors (Lipinski definition) is 1. The number of rotatable bonds is 4. The standard InChI is InChI=1S/C19H20N2O4/c1-20-11-4-12-21(17-6-3-2-5-16(17)20)19(24)14-7-9-15(10-8-14)25-13-18(22)23/h2-3,5-10H,4,11-13H2,1H3,(H,22,23). The summed E-state index contributed by atoms with van der Waals surface area (Å²) in [6.07, 6.45) is 0.886. The molecule has 0 aliphatic carbocycles. The number of amides is 1. The molecule has 0 fully saturated rings. The van der Waals surface area contributed by atoms with Gasteiger partial charge in [0.25, 0.3) is 5.91 Å². The second-order valence-electron chi connectivity index (χ2n) is 5.93. The SMILES string of the molecule is CN1CCCN(C(=O)c2ccc(OCC(=O)O)cc2)c2ccccc21. The Kier molecular flexibility index (Phi) is 4.88. The quantitative estimate of drug-likeness (QED) is 0.926. The number of carbonyl (C=O) groups excluding carboxylic acids is 1. The highest BCUT2D eigenvalue weighted by Crippen LogP contribution is 2.32. The van der Waals surface area contributed by atoms with Crippen molar-refractivity contribution in [2.45, 2.75) is 6.42 Å². The van der Waals surface area contributed by atoms with Crippen LogP contribution in [0.4, 0.5) is 11.4 Å². The van der Waals surface area contributed by atoms with Gasteiger partial charge >= 0.3 is 5.97 Å². The van der Waals surface area contributed by atoms with Gasteiger partial charge in [-0.1, -0.05) is 12.1 Å². The zero-order valence-corrected chi connectivity index (χ0v) is 14.0. The number of nitrogens with zero attached hydrogens (tertiary/aromatic N) is 2. The van der Waals surface area contributed by atoms with Gasteiger partial charge in [0, 0.05) is 25.7 Å². The number of ether oxygens (including phenoxy) is 1. The van der Waals surface area contributed by atoms with Gasteiger partial charge in [0.15, 0.2) is 6.61 Å². The van der Waals surface area contributed by atoms with E-state index in [2.05, 4.69) is 4.90 Å². The van der Waals surface area contributed by atoms with E-state index in [-0.39, 0.29) is 5.91 Å². The minimum absolute atomic E-state index is 0.0764. The first-order valence-electron chi connectivity index (χ1n) is 8.13. The normalized spacial score (nSPS) is 13.8. The molecule has 1 aliphatic heterocycles. The van der Waals surface area contributed by atoms with Gasteiger partial charge in [0.1, 0.15) is 5.75 Å². The average Bonchev–Trinajstić information content (AvgIpc) is 2.79. The van der Waals surface area contributed by atoms with Gasteiger partial charge in [-0.05, 0) is 42.8 Å². The van der Waals surface area contributed by atoms with Gasteiger partial charge < -0.3 is 19.6 Å². The summed E-state index contributed by atoms with van der Waals surface area (Å²) in [6, 6.07) is 14.4. The molecule has 1 aliphatic rings. The third-order valence-corrected chi connectivity index (χ3v) is 4.17. The van der Waals surface area contributed by atoms with Crippen molar-refractivity contribution in [3.8, 4) is 5.75 Å². The monoisotopic (exact) mass is 340 g/mol. The van der Waals surface area contributed by atoms with E-state index in [4.69, 9.17) is 9.84 Å². The minimum atomic E-state index is -1.04. The summed E-state index contributed by atoms with van der Waals surface area (Å²) in [6.45, 7) is 1.14. The molecular weight excluding hydrogens is 320 g/mol. The highest BCUT2D eigenvalue weighted by Gasteiger charge is 2.24. The second kappa shape index (κ2) is 7.25. The molecule has 0 atom stereocenters. The predicted octanol–water partition coefficient (Wildman–Crippen LogP) is 2.64. The van der Waals surface area contributed by atoms with Crippen molar-refractivity contribution in [3.63, 3.8) is 0 Å². The van der Waals surface area contributed by atoms with Crippen LogP contribution in [0, 0.1) is 0 Å². The molecule has 0 saturated heterocycles. The summed E-state index contributed by atoms with van der Waals surface area (Å²) in [5.74, 6) is -0.687. The zero-order valence-electron chi connectivity index (χ0n) is 14.0. The fourth-order valence-corrected chi connectivity index (χ4v) is 2.93. The largest absolute Gasteiger partial charge is 0.482 e. The Balaban J connectivity index is 1.83. The van der Waals surface area contributed by atoms with Gasteiger partial charge in [0.05, 0.1) is 11.4 Å². The number of para-hydroxylation sites is 2. The van der Waals surface area contributed by atoms with Crippen molar-refractivity contribution < 1.29 is 19.4 Å².